The van der Waals surface area contributed by atoms with Gasteiger partial charge in [-0.15, -0.1) is 0 Å². The van der Waals surface area contributed by atoms with E-state index >= 15 is 0 Å². The molecule has 1 aliphatic carbocycles. The molecular weight excluding hydrogens is 208 g/mol. The average molecular weight is 226 g/mol. The summed E-state index contributed by atoms with van der Waals surface area (Å²) in [6, 6.07) is 0. The van der Waals surface area contributed by atoms with Crippen molar-refractivity contribution in [1.82, 2.24) is 10.1 Å². The Labute approximate surface area is 94.8 Å². The first-order valence-electron chi connectivity index (χ1n) is 5.80. The van der Waals surface area contributed by atoms with Crippen LogP contribution in [0.3, 0.4) is 0 Å². The van der Waals surface area contributed by atoms with Crippen LogP contribution < -0.4 is 0 Å². The van der Waals surface area contributed by atoms with E-state index in [1.54, 1.807) is 7.11 Å². The van der Waals surface area contributed by atoms with Crippen LogP contribution in [0.1, 0.15) is 50.2 Å². The quantitative estimate of drug-likeness (QED) is 0.795. The van der Waals surface area contributed by atoms with Gasteiger partial charge in [-0.2, -0.15) is 4.98 Å². The van der Waals surface area contributed by atoms with Gasteiger partial charge in [-0.3, -0.25) is 0 Å². The van der Waals surface area contributed by atoms with E-state index in [-0.39, 0.29) is 12.5 Å². The molecule has 0 atom stereocenters. The van der Waals surface area contributed by atoms with E-state index in [1.807, 2.05) is 0 Å². The third-order valence-electron chi connectivity index (χ3n) is 3.31. The molecule has 1 heterocycles. The molecule has 1 aromatic heterocycles. The van der Waals surface area contributed by atoms with Crippen LogP contribution in [0.15, 0.2) is 4.52 Å². The fraction of sp³-hybridized carbons (Fsp3) is 0.818. The van der Waals surface area contributed by atoms with E-state index in [2.05, 4.69) is 10.1 Å². The second kappa shape index (κ2) is 4.93. The van der Waals surface area contributed by atoms with Crippen molar-refractivity contribution in [2.75, 3.05) is 7.11 Å². The number of methoxy groups -OCH3 is 1. The van der Waals surface area contributed by atoms with Crippen LogP contribution in [0.4, 0.5) is 0 Å². The molecule has 0 bridgehead atoms. The molecule has 0 unspecified atom stereocenters. The minimum atomic E-state index is -0.409. The van der Waals surface area contributed by atoms with E-state index in [0.29, 0.717) is 5.82 Å². The molecule has 0 aromatic carbocycles. The molecule has 1 aromatic rings. The Kier molecular flexibility index (Phi) is 3.56. The number of aliphatic hydroxyl groups excluding tert-OH is 1. The topological polar surface area (TPSA) is 68.4 Å². The summed E-state index contributed by atoms with van der Waals surface area (Å²) in [7, 11) is 1.69. The molecule has 0 aliphatic heterocycles. The van der Waals surface area contributed by atoms with Crippen LogP contribution in [0.25, 0.3) is 0 Å². The fourth-order valence-corrected chi connectivity index (χ4v) is 2.32. The minimum Gasteiger partial charge on any atom is -0.387 e. The van der Waals surface area contributed by atoms with Crippen LogP contribution in [0.5, 0.6) is 0 Å². The number of nitrogens with zero attached hydrogens (tertiary/aromatic N) is 2. The smallest absolute Gasteiger partial charge is 0.252 e. The number of aromatic nitrogens is 2. The summed E-state index contributed by atoms with van der Waals surface area (Å²) < 4.78 is 10.6. The highest BCUT2D eigenvalue weighted by molar-refractivity contribution is 5.02. The van der Waals surface area contributed by atoms with Gasteiger partial charge in [-0.25, -0.2) is 0 Å². The van der Waals surface area contributed by atoms with Gasteiger partial charge in [0.1, 0.15) is 12.2 Å². The second-order valence-corrected chi connectivity index (χ2v) is 4.28. The summed E-state index contributed by atoms with van der Waals surface area (Å²) in [5.74, 6) is 0.844. The molecule has 1 saturated carbocycles. The van der Waals surface area contributed by atoms with Crippen LogP contribution in [-0.4, -0.2) is 22.4 Å². The summed E-state index contributed by atoms with van der Waals surface area (Å²) in [6.07, 6.45) is 6.56. The first-order valence-corrected chi connectivity index (χ1v) is 5.80. The highest BCUT2D eigenvalue weighted by Gasteiger charge is 2.37. The summed E-state index contributed by atoms with van der Waals surface area (Å²) in [5, 5.41) is 12.8. The number of rotatable bonds is 3. The molecule has 5 nitrogen and oxygen atoms in total. The third-order valence-corrected chi connectivity index (χ3v) is 3.31. The number of ether oxygens (including phenoxy) is 1. The number of aliphatic hydroxyl groups is 1. The standard InChI is InChI=1S/C11H18N2O3/c1-15-11(6-4-2-3-5-7-11)10-12-9(8-14)16-13-10/h14H,2-8H2,1H3. The number of hydrogen-bond donors (Lipinski definition) is 1. The van der Waals surface area contributed by atoms with Crippen molar-refractivity contribution >= 4 is 0 Å². The monoisotopic (exact) mass is 226 g/mol. The lowest BCUT2D eigenvalue weighted by Crippen LogP contribution is -2.29. The van der Waals surface area contributed by atoms with Gasteiger partial charge in [0.15, 0.2) is 0 Å². The molecule has 0 radical (unpaired) electrons. The molecule has 16 heavy (non-hydrogen) atoms. The Morgan fingerprint density at radius 1 is 1.31 bits per heavy atom. The average Bonchev–Trinajstić information content (AvgIpc) is 2.68. The van der Waals surface area contributed by atoms with Crippen molar-refractivity contribution in [2.45, 2.75) is 50.7 Å². The van der Waals surface area contributed by atoms with Gasteiger partial charge >= 0.3 is 0 Å². The largest absolute Gasteiger partial charge is 0.387 e. The van der Waals surface area contributed by atoms with Gasteiger partial charge in [0.2, 0.25) is 5.82 Å². The van der Waals surface area contributed by atoms with E-state index in [9.17, 15) is 0 Å². The Morgan fingerprint density at radius 3 is 2.50 bits per heavy atom. The summed E-state index contributed by atoms with van der Waals surface area (Å²) in [6.45, 7) is -0.215. The molecule has 1 aliphatic rings. The summed E-state index contributed by atoms with van der Waals surface area (Å²) >= 11 is 0. The van der Waals surface area contributed by atoms with Crippen molar-refractivity contribution < 1.29 is 14.4 Å². The predicted octanol–water partition coefficient (Wildman–Crippen LogP) is 1.76. The van der Waals surface area contributed by atoms with E-state index in [1.165, 1.54) is 12.8 Å². The lowest BCUT2D eigenvalue weighted by molar-refractivity contribution is -0.0365. The fourth-order valence-electron chi connectivity index (χ4n) is 2.32. The molecule has 90 valence electrons. The van der Waals surface area contributed by atoms with Crippen LogP contribution in [0, 0.1) is 0 Å². The van der Waals surface area contributed by atoms with Gasteiger partial charge < -0.3 is 14.4 Å². The highest BCUT2D eigenvalue weighted by atomic mass is 16.5. The van der Waals surface area contributed by atoms with Gasteiger partial charge in [0.05, 0.1) is 0 Å². The van der Waals surface area contributed by atoms with Crippen molar-refractivity contribution in [3.05, 3.63) is 11.7 Å². The van der Waals surface area contributed by atoms with Gasteiger partial charge in [-0.05, 0) is 12.8 Å². The SMILES string of the molecule is COC1(c2noc(CO)n2)CCCCCC1. The van der Waals surface area contributed by atoms with Gasteiger partial charge in [0.25, 0.3) is 5.89 Å². The molecule has 2 rings (SSSR count). The maximum atomic E-state index is 8.92. The maximum Gasteiger partial charge on any atom is 0.252 e. The lowest BCUT2D eigenvalue weighted by Gasteiger charge is -2.27. The van der Waals surface area contributed by atoms with Gasteiger partial charge in [-0.1, -0.05) is 30.8 Å². The normalized spacial score (nSPS) is 20.6. The summed E-state index contributed by atoms with van der Waals surface area (Å²) in [5.41, 5.74) is -0.409. The Hall–Kier alpha value is -0.940. The van der Waals surface area contributed by atoms with Crippen molar-refractivity contribution in [3.63, 3.8) is 0 Å². The molecule has 0 spiro atoms. The van der Waals surface area contributed by atoms with E-state index < -0.39 is 5.60 Å². The zero-order valence-corrected chi connectivity index (χ0v) is 9.61. The van der Waals surface area contributed by atoms with Gasteiger partial charge in [0, 0.05) is 7.11 Å². The maximum absolute atomic E-state index is 8.92. The molecule has 1 fully saturated rings. The Morgan fingerprint density at radius 2 is 2.00 bits per heavy atom. The zero-order chi connectivity index (χ0) is 11.4. The van der Waals surface area contributed by atoms with Crippen molar-refractivity contribution in [3.8, 4) is 0 Å². The minimum absolute atomic E-state index is 0.215. The third kappa shape index (κ3) is 2.10. The van der Waals surface area contributed by atoms with Crippen LogP contribution >= 0.6 is 0 Å². The molecular formula is C11H18N2O3. The second-order valence-electron chi connectivity index (χ2n) is 4.28. The zero-order valence-electron chi connectivity index (χ0n) is 9.61. The van der Waals surface area contributed by atoms with E-state index in [0.717, 1.165) is 25.7 Å². The molecule has 0 amide bonds. The number of hydrogen-bond acceptors (Lipinski definition) is 5. The first-order chi connectivity index (χ1) is 7.80. The van der Waals surface area contributed by atoms with Crippen molar-refractivity contribution in [1.29, 1.82) is 0 Å². The molecule has 0 saturated heterocycles. The predicted molar refractivity (Wildman–Crippen MR) is 56.6 cm³/mol. The lowest BCUT2D eigenvalue weighted by atomic mass is 9.93. The first kappa shape index (κ1) is 11.5. The van der Waals surface area contributed by atoms with Crippen molar-refractivity contribution in [2.24, 2.45) is 0 Å². The Balaban J connectivity index is 2.24. The van der Waals surface area contributed by atoms with E-state index in [4.69, 9.17) is 14.4 Å². The van der Waals surface area contributed by atoms with Crippen LogP contribution in [0.2, 0.25) is 0 Å². The Bertz CT molecular complexity index is 330. The molecule has 5 heteroatoms. The summed E-state index contributed by atoms with van der Waals surface area (Å²) in [4.78, 5) is 4.18. The van der Waals surface area contributed by atoms with Crippen LogP contribution in [-0.2, 0) is 16.9 Å². The highest BCUT2D eigenvalue weighted by Crippen LogP contribution is 2.37. The molecule has 1 N–H and O–H groups in total.